The zero-order valence-corrected chi connectivity index (χ0v) is 20.6. The molecule has 0 N–H and O–H groups in total. The molecule has 0 amide bonds. The Morgan fingerprint density at radius 2 is 1.61 bits per heavy atom. The fourth-order valence-corrected chi connectivity index (χ4v) is 6.64. The number of para-hydroxylation sites is 2. The highest BCUT2D eigenvalue weighted by atomic mass is 32.1. The number of aryl methyl sites for hydroxylation is 1. The largest absolute Gasteiger partial charge is 0.314 e. The highest BCUT2D eigenvalue weighted by Crippen LogP contribution is 2.44. The summed E-state index contributed by atoms with van der Waals surface area (Å²) in [4.78, 5) is 3.81. The van der Waals surface area contributed by atoms with Crippen LogP contribution in [-0.2, 0) is 6.42 Å². The summed E-state index contributed by atoms with van der Waals surface area (Å²) in [7, 11) is 0. The van der Waals surface area contributed by atoms with E-state index in [-0.39, 0.29) is 0 Å². The van der Waals surface area contributed by atoms with Gasteiger partial charge in [-0.15, -0.1) is 11.3 Å². The van der Waals surface area contributed by atoms with E-state index in [1.807, 2.05) is 23.5 Å². The molecule has 0 bridgehead atoms. The van der Waals surface area contributed by atoms with Crippen molar-refractivity contribution in [1.82, 2.24) is 0 Å². The molecule has 0 saturated heterocycles. The first-order valence-electron chi connectivity index (χ1n) is 12.3. The van der Waals surface area contributed by atoms with E-state index in [1.54, 1.807) is 0 Å². The number of fused-ring (bicyclic) bond motifs is 5. The predicted octanol–water partition coefficient (Wildman–Crippen LogP) is 9.44. The number of allylic oxidation sites excluding steroid dienone is 5. The van der Waals surface area contributed by atoms with Crippen LogP contribution in [0, 0.1) is 0 Å². The van der Waals surface area contributed by atoms with E-state index in [1.165, 1.54) is 48.4 Å². The van der Waals surface area contributed by atoms with Gasteiger partial charge in [0, 0.05) is 37.5 Å². The number of thiophene rings is 1. The van der Waals surface area contributed by atoms with Gasteiger partial charge in [0.05, 0.1) is 5.69 Å². The van der Waals surface area contributed by atoms with E-state index in [4.69, 9.17) is 0 Å². The molecule has 1 heterocycles. The highest BCUT2D eigenvalue weighted by Gasteiger charge is 2.24. The van der Waals surface area contributed by atoms with Crippen LogP contribution < -0.4 is 4.90 Å². The second-order valence-corrected chi connectivity index (χ2v) is 10.2. The third-order valence-electron chi connectivity index (χ3n) is 7.02. The summed E-state index contributed by atoms with van der Waals surface area (Å²) in [5, 5.41) is 4.12. The van der Waals surface area contributed by atoms with Crippen molar-refractivity contribution in [3.8, 4) is 0 Å². The van der Waals surface area contributed by atoms with Crippen LogP contribution in [0.25, 0.3) is 32.5 Å². The van der Waals surface area contributed by atoms with Crippen LogP contribution in [0.15, 0.2) is 126 Å². The highest BCUT2D eigenvalue weighted by molar-refractivity contribution is 7.20. The summed E-state index contributed by atoms with van der Waals surface area (Å²) in [5.41, 5.74) is 13.8. The first-order chi connectivity index (χ1) is 17.9. The van der Waals surface area contributed by atoms with Gasteiger partial charge in [-0.1, -0.05) is 84.3 Å². The van der Waals surface area contributed by atoms with Crippen molar-refractivity contribution in [1.29, 1.82) is 0 Å². The Morgan fingerprint density at radius 1 is 0.778 bits per heavy atom. The van der Waals surface area contributed by atoms with Gasteiger partial charge < -0.3 is 4.90 Å². The molecule has 5 aromatic rings. The van der Waals surface area contributed by atoms with Gasteiger partial charge in [0.15, 0.2) is 0 Å². The third kappa shape index (κ3) is 3.49. The van der Waals surface area contributed by atoms with Gasteiger partial charge >= 0.3 is 0 Å². The minimum Gasteiger partial charge on any atom is -0.314 e. The van der Waals surface area contributed by atoms with E-state index in [9.17, 15) is 0 Å². The monoisotopic (exact) mass is 477 g/mol. The molecule has 36 heavy (non-hydrogen) atoms. The van der Waals surface area contributed by atoms with Crippen molar-refractivity contribution in [2.24, 2.45) is 0 Å². The Kier molecular flexibility index (Phi) is 5.09. The molecule has 4 aromatic carbocycles. The summed E-state index contributed by atoms with van der Waals surface area (Å²) >= 11 is 1.91. The van der Waals surface area contributed by atoms with Gasteiger partial charge in [-0.05, 0) is 71.7 Å². The van der Waals surface area contributed by atoms with Crippen LogP contribution in [-0.4, -0.2) is 0 Å². The maximum Gasteiger partial charge on any atom is 0.0543 e. The number of hydrogen-bond acceptors (Lipinski definition) is 2. The van der Waals surface area contributed by atoms with Crippen LogP contribution >= 0.6 is 11.3 Å². The number of nitrogens with zero attached hydrogens (tertiary/aromatic N) is 1. The smallest absolute Gasteiger partial charge is 0.0543 e. The molecule has 170 valence electrons. The van der Waals surface area contributed by atoms with E-state index in [2.05, 4.69) is 120 Å². The second-order valence-electron chi connectivity index (χ2n) is 9.14. The van der Waals surface area contributed by atoms with Crippen LogP contribution in [0.2, 0.25) is 0 Å². The predicted molar refractivity (Wildman–Crippen MR) is 155 cm³/mol. The number of benzene rings is 4. The normalized spacial score (nSPS) is 14.1. The molecule has 7 rings (SSSR count). The minimum absolute atomic E-state index is 0.982. The molecule has 2 aliphatic carbocycles. The van der Waals surface area contributed by atoms with Crippen molar-refractivity contribution in [3.05, 3.63) is 142 Å². The number of hydrogen-bond donors (Lipinski definition) is 0. The number of anilines is 2. The van der Waals surface area contributed by atoms with E-state index in [0.29, 0.717) is 0 Å². The fraction of sp³-hybridized carbons (Fsp3) is 0.0588. The lowest BCUT2D eigenvalue weighted by atomic mass is 9.94. The van der Waals surface area contributed by atoms with Crippen LogP contribution in [0.4, 0.5) is 11.4 Å². The molecule has 0 fully saturated rings. The molecule has 2 aliphatic rings. The molecule has 0 unspecified atom stereocenters. The Labute approximate surface area is 214 Å². The van der Waals surface area contributed by atoms with Crippen molar-refractivity contribution >= 4 is 55.2 Å². The van der Waals surface area contributed by atoms with E-state index < -0.39 is 0 Å². The minimum atomic E-state index is 0.982. The zero-order chi connectivity index (χ0) is 23.9. The lowest BCUT2D eigenvalue weighted by Gasteiger charge is -2.31. The Morgan fingerprint density at radius 3 is 2.50 bits per heavy atom. The summed E-state index contributed by atoms with van der Waals surface area (Å²) in [6, 6.07) is 32.7. The fourth-order valence-electron chi connectivity index (χ4n) is 5.41. The molecule has 2 heteroatoms. The molecule has 0 radical (unpaired) electrons. The maximum atomic E-state index is 3.32. The Bertz CT molecular complexity index is 1800. The average Bonchev–Trinajstić information content (AvgIpc) is 3.33. The van der Waals surface area contributed by atoms with E-state index >= 15 is 0 Å². The molecule has 1 aromatic heterocycles. The second kappa shape index (κ2) is 8.72. The lowest BCUT2D eigenvalue weighted by Crippen LogP contribution is -2.20. The van der Waals surface area contributed by atoms with Gasteiger partial charge in [-0.2, -0.15) is 0 Å². The topological polar surface area (TPSA) is 3.24 Å². The molecular weight excluding hydrogens is 454 g/mol. The van der Waals surface area contributed by atoms with Crippen LogP contribution in [0.5, 0.6) is 0 Å². The maximum absolute atomic E-state index is 3.32. The Hall–Kier alpha value is -4.32. The summed E-state index contributed by atoms with van der Waals surface area (Å²) in [6.45, 7) is 0. The molecule has 0 aliphatic heterocycles. The average molecular weight is 478 g/mol. The van der Waals surface area contributed by atoms with Crippen molar-refractivity contribution in [2.75, 3.05) is 4.90 Å². The zero-order valence-electron chi connectivity index (χ0n) is 19.7. The third-order valence-corrected chi connectivity index (χ3v) is 8.17. The lowest BCUT2D eigenvalue weighted by molar-refractivity contribution is 0.906. The standard InChI is InChI=1S/C34H23NS/c1-3-11-24(12-4-1)28-16-9-10-18-31(28)35(26-14-5-2-6-15-26)27-20-21-30-33(23-27)36-32-22-19-25-13-7-8-17-29(25)34(30)32/h1-3,5-11,13-19,22-23H,20-21H2. The van der Waals surface area contributed by atoms with E-state index in [0.717, 1.165) is 24.0 Å². The van der Waals surface area contributed by atoms with Gasteiger partial charge in [0.2, 0.25) is 0 Å². The molecular formula is C34H23NS. The van der Waals surface area contributed by atoms with Crippen LogP contribution in [0.1, 0.15) is 22.4 Å². The first kappa shape index (κ1) is 21.0. The van der Waals surface area contributed by atoms with Crippen LogP contribution in [0.3, 0.4) is 0 Å². The quantitative estimate of drug-likeness (QED) is 0.233. The van der Waals surface area contributed by atoms with Gasteiger partial charge in [-0.3, -0.25) is 0 Å². The first-order valence-corrected chi connectivity index (χ1v) is 13.2. The summed E-state index contributed by atoms with van der Waals surface area (Å²) < 4.78 is 1.37. The van der Waals surface area contributed by atoms with Gasteiger partial charge in [0.25, 0.3) is 0 Å². The SMILES string of the molecule is C1=C=C(c2ccccc2N(C2=Cc3sc4ccc5ccccc5c4c3CC2)c2ccccc2)C=CC=1. The molecule has 1 nitrogen and oxygen atoms in total. The van der Waals surface area contributed by atoms with Gasteiger partial charge in [-0.25, -0.2) is 0 Å². The summed E-state index contributed by atoms with van der Waals surface area (Å²) in [6.07, 6.45) is 10.5. The number of rotatable bonds is 4. The molecule has 0 spiro atoms. The Balaban J connectivity index is 1.43. The van der Waals surface area contributed by atoms with Crippen molar-refractivity contribution in [3.63, 3.8) is 0 Å². The molecule has 0 atom stereocenters. The van der Waals surface area contributed by atoms with Crippen molar-refractivity contribution in [2.45, 2.75) is 12.8 Å². The van der Waals surface area contributed by atoms with Crippen molar-refractivity contribution < 1.29 is 0 Å². The van der Waals surface area contributed by atoms with Gasteiger partial charge in [0.1, 0.15) is 0 Å². The molecule has 0 saturated carbocycles. The summed E-state index contributed by atoms with van der Waals surface area (Å²) in [5.74, 6) is 0.